The first-order valence-electron chi connectivity index (χ1n) is 5.68. The topological polar surface area (TPSA) is 12.0 Å². The molecule has 0 bridgehead atoms. The first-order chi connectivity index (χ1) is 7.09. The van der Waals surface area contributed by atoms with Crippen LogP contribution in [0.4, 0.5) is 10.1 Å². The Bertz CT molecular complexity index is 369. The highest BCUT2D eigenvalue weighted by molar-refractivity contribution is 5.49. The molecule has 0 amide bonds. The summed E-state index contributed by atoms with van der Waals surface area (Å²) in [6, 6.07) is 5.42. The van der Waals surface area contributed by atoms with Gasteiger partial charge in [-0.2, -0.15) is 0 Å². The predicted molar refractivity (Wildman–Crippen MR) is 68.5 cm³/mol. The molecule has 1 rings (SSSR count). The largest absolute Gasteiger partial charge is 0.378 e. The van der Waals surface area contributed by atoms with Crippen molar-refractivity contribution in [2.75, 3.05) is 5.32 Å². The van der Waals surface area contributed by atoms with E-state index in [9.17, 15) is 4.39 Å². The summed E-state index contributed by atoms with van der Waals surface area (Å²) in [6.45, 7) is 12.3. The standard InChI is InChI=1S/C14H22FN/c1-13(2,3)10-7-8-12(11(15)9-10)16-14(4,5)6/h7-9,16H,1-6H3. The van der Waals surface area contributed by atoms with E-state index in [2.05, 4.69) is 26.1 Å². The van der Waals surface area contributed by atoms with Crippen LogP contribution in [0.5, 0.6) is 0 Å². The summed E-state index contributed by atoms with van der Waals surface area (Å²) in [5.74, 6) is -0.178. The zero-order valence-electron chi connectivity index (χ0n) is 11.1. The maximum atomic E-state index is 13.8. The van der Waals surface area contributed by atoms with Crippen molar-refractivity contribution in [3.05, 3.63) is 29.6 Å². The minimum atomic E-state index is -0.178. The van der Waals surface area contributed by atoms with Crippen molar-refractivity contribution in [2.45, 2.75) is 52.5 Å². The molecule has 0 saturated carbocycles. The molecule has 2 heteroatoms. The van der Waals surface area contributed by atoms with Gasteiger partial charge < -0.3 is 5.32 Å². The van der Waals surface area contributed by atoms with Crippen molar-refractivity contribution < 1.29 is 4.39 Å². The first-order valence-corrected chi connectivity index (χ1v) is 5.68. The highest BCUT2D eigenvalue weighted by atomic mass is 19.1. The normalized spacial score (nSPS) is 12.7. The number of halogens is 1. The lowest BCUT2D eigenvalue weighted by atomic mass is 9.87. The molecule has 0 aromatic heterocycles. The molecule has 0 aliphatic rings. The molecule has 0 fully saturated rings. The summed E-state index contributed by atoms with van der Waals surface area (Å²) in [7, 11) is 0. The summed E-state index contributed by atoms with van der Waals surface area (Å²) < 4.78 is 13.8. The van der Waals surface area contributed by atoms with Crippen LogP contribution >= 0.6 is 0 Å². The van der Waals surface area contributed by atoms with Crippen LogP contribution in [0.1, 0.15) is 47.1 Å². The lowest BCUT2D eigenvalue weighted by Crippen LogP contribution is -2.26. The zero-order valence-corrected chi connectivity index (χ0v) is 11.1. The monoisotopic (exact) mass is 223 g/mol. The Morgan fingerprint density at radius 2 is 1.56 bits per heavy atom. The SMILES string of the molecule is CC(C)(C)Nc1ccc(C(C)(C)C)cc1F. The molecule has 1 aromatic rings. The van der Waals surface area contributed by atoms with Crippen molar-refractivity contribution in [1.29, 1.82) is 0 Å². The van der Waals surface area contributed by atoms with Crippen molar-refractivity contribution in [1.82, 2.24) is 0 Å². The molecular formula is C14H22FN. The van der Waals surface area contributed by atoms with Gasteiger partial charge in [-0.1, -0.05) is 26.8 Å². The van der Waals surface area contributed by atoms with Crippen LogP contribution in [0.3, 0.4) is 0 Å². The molecule has 1 nitrogen and oxygen atoms in total. The summed E-state index contributed by atoms with van der Waals surface area (Å²) in [5.41, 5.74) is 1.45. The van der Waals surface area contributed by atoms with Gasteiger partial charge in [0.25, 0.3) is 0 Å². The average Bonchev–Trinajstić information content (AvgIpc) is 2.04. The molecule has 0 spiro atoms. The number of hydrogen-bond donors (Lipinski definition) is 1. The molecule has 90 valence electrons. The molecule has 0 heterocycles. The molecular weight excluding hydrogens is 201 g/mol. The summed E-state index contributed by atoms with van der Waals surface area (Å²) in [4.78, 5) is 0. The van der Waals surface area contributed by atoms with E-state index in [1.807, 2.05) is 32.9 Å². The summed E-state index contributed by atoms with van der Waals surface area (Å²) >= 11 is 0. The first kappa shape index (κ1) is 13.0. The van der Waals surface area contributed by atoms with Gasteiger partial charge in [0, 0.05) is 5.54 Å². The Labute approximate surface area is 98.1 Å². The van der Waals surface area contributed by atoms with Crippen LogP contribution < -0.4 is 5.32 Å². The van der Waals surface area contributed by atoms with Crippen LogP contribution in [0.25, 0.3) is 0 Å². The van der Waals surface area contributed by atoms with Crippen molar-refractivity contribution >= 4 is 5.69 Å². The molecule has 1 N–H and O–H groups in total. The number of benzene rings is 1. The van der Waals surface area contributed by atoms with E-state index >= 15 is 0 Å². The van der Waals surface area contributed by atoms with Gasteiger partial charge in [-0.15, -0.1) is 0 Å². The molecule has 0 saturated heterocycles. The van der Waals surface area contributed by atoms with Gasteiger partial charge in [-0.3, -0.25) is 0 Å². The fourth-order valence-corrected chi connectivity index (χ4v) is 1.49. The zero-order chi connectivity index (χ0) is 12.6. The molecule has 0 aliphatic carbocycles. The van der Waals surface area contributed by atoms with E-state index in [0.717, 1.165) is 5.56 Å². The second-order valence-corrected chi connectivity index (χ2v) is 6.32. The van der Waals surface area contributed by atoms with E-state index in [-0.39, 0.29) is 16.8 Å². The Morgan fingerprint density at radius 3 is 1.94 bits per heavy atom. The third-order valence-corrected chi connectivity index (χ3v) is 2.34. The van der Waals surface area contributed by atoms with Crippen LogP contribution in [-0.2, 0) is 5.41 Å². The Kier molecular flexibility index (Phi) is 3.32. The second kappa shape index (κ2) is 4.08. The maximum Gasteiger partial charge on any atom is 0.146 e. The van der Waals surface area contributed by atoms with Crippen LogP contribution in [-0.4, -0.2) is 5.54 Å². The van der Waals surface area contributed by atoms with E-state index in [1.165, 1.54) is 0 Å². The van der Waals surface area contributed by atoms with E-state index < -0.39 is 0 Å². The third kappa shape index (κ3) is 3.51. The van der Waals surface area contributed by atoms with E-state index in [0.29, 0.717) is 5.69 Å². The van der Waals surface area contributed by atoms with Gasteiger partial charge >= 0.3 is 0 Å². The van der Waals surface area contributed by atoms with Crippen molar-refractivity contribution in [3.8, 4) is 0 Å². The fraction of sp³-hybridized carbons (Fsp3) is 0.571. The van der Waals surface area contributed by atoms with Crippen LogP contribution in [0, 0.1) is 5.82 Å². The Morgan fingerprint density at radius 1 is 1.00 bits per heavy atom. The number of nitrogens with one attached hydrogen (secondary N) is 1. The van der Waals surface area contributed by atoms with Gasteiger partial charge in [0.15, 0.2) is 0 Å². The fourth-order valence-electron chi connectivity index (χ4n) is 1.49. The smallest absolute Gasteiger partial charge is 0.146 e. The molecule has 0 radical (unpaired) electrons. The lowest BCUT2D eigenvalue weighted by molar-refractivity contribution is 0.567. The number of rotatable bonds is 1. The quantitative estimate of drug-likeness (QED) is 0.747. The average molecular weight is 223 g/mol. The van der Waals surface area contributed by atoms with E-state index in [4.69, 9.17) is 0 Å². The maximum absolute atomic E-state index is 13.8. The lowest BCUT2D eigenvalue weighted by Gasteiger charge is -2.24. The highest BCUT2D eigenvalue weighted by Gasteiger charge is 2.17. The number of hydrogen-bond acceptors (Lipinski definition) is 1. The second-order valence-electron chi connectivity index (χ2n) is 6.32. The number of anilines is 1. The van der Waals surface area contributed by atoms with Gasteiger partial charge in [0.05, 0.1) is 5.69 Å². The van der Waals surface area contributed by atoms with Crippen molar-refractivity contribution in [2.24, 2.45) is 0 Å². The minimum Gasteiger partial charge on any atom is -0.378 e. The third-order valence-electron chi connectivity index (χ3n) is 2.34. The minimum absolute atomic E-state index is 0.0128. The van der Waals surface area contributed by atoms with Crippen LogP contribution in [0.15, 0.2) is 18.2 Å². The summed E-state index contributed by atoms with van der Waals surface area (Å²) in [6.07, 6.45) is 0. The van der Waals surface area contributed by atoms with Gasteiger partial charge in [-0.05, 0) is 43.9 Å². The Hall–Kier alpha value is -1.05. The van der Waals surface area contributed by atoms with Gasteiger partial charge in [-0.25, -0.2) is 4.39 Å². The van der Waals surface area contributed by atoms with Crippen molar-refractivity contribution in [3.63, 3.8) is 0 Å². The van der Waals surface area contributed by atoms with E-state index in [1.54, 1.807) is 6.07 Å². The molecule has 1 aromatic carbocycles. The summed E-state index contributed by atoms with van der Waals surface area (Å²) in [5, 5.41) is 3.15. The molecule has 0 atom stereocenters. The predicted octanol–water partition coefficient (Wildman–Crippen LogP) is 4.33. The Balaban J connectivity index is 3.01. The molecule has 0 aliphatic heterocycles. The molecule has 16 heavy (non-hydrogen) atoms. The highest BCUT2D eigenvalue weighted by Crippen LogP contribution is 2.27. The van der Waals surface area contributed by atoms with Gasteiger partial charge in [0.2, 0.25) is 0 Å². The van der Waals surface area contributed by atoms with Gasteiger partial charge in [0.1, 0.15) is 5.82 Å². The molecule has 0 unspecified atom stereocenters. The van der Waals surface area contributed by atoms with Crippen LogP contribution in [0.2, 0.25) is 0 Å².